The van der Waals surface area contributed by atoms with Crippen molar-refractivity contribution in [2.75, 3.05) is 19.6 Å². The third kappa shape index (κ3) is 6.59. The molecule has 134 valence electrons. The van der Waals surface area contributed by atoms with Gasteiger partial charge in [0.2, 0.25) is 10.0 Å². The maximum Gasteiger partial charge on any atom is 0.243 e. The topological polar surface area (TPSA) is 63.4 Å². The highest BCUT2D eigenvalue weighted by Gasteiger charge is 2.22. The van der Waals surface area contributed by atoms with Gasteiger partial charge in [-0.15, -0.1) is 0 Å². The molecule has 0 radical (unpaired) electrons. The van der Waals surface area contributed by atoms with Crippen molar-refractivity contribution in [2.24, 2.45) is 5.73 Å². The van der Waals surface area contributed by atoms with E-state index in [1.807, 2.05) is 32.1 Å². The molecule has 0 aromatic heterocycles. The van der Waals surface area contributed by atoms with Gasteiger partial charge in [-0.05, 0) is 52.7 Å². The summed E-state index contributed by atoms with van der Waals surface area (Å²) in [4.78, 5) is 0.317. The first-order chi connectivity index (χ1) is 11.3. The number of nitrogens with two attached hydrogens (primary N) is 1. The van der Waals surface area contributed by atoms with Crippen molar-refractivity contribution >= 4 is 10.0 Å². The van der Waals surface area contributed by atoms with Gasteiger partial charge in [-0.3, -0.25) is 0 Å². The van der Waals surface area contributed by atoms with Gasteiger partial charge < -0.3 is 5.73 Å². The summed E-state index contributed by atoms with van der Waals surface area (Å²) >= 11 is 0. The van der Waals surface area contributed by atoms with E-state index in [1.165, 1.54) is 15.5 Å². The second-order valence-corrected chi connectivity index (χ2v) is 8.27. The molecule has 0 unspecified atom stereocenters. The fourth-order valence-electron chi connectivity index (χ4n) is 2.26. The fraction of sp³-hybridized carbons (Fsp3) is 0.474. The number of sulfonamides is 1. The van der Waals surface area contributed by atoms with Gasteiger partial charge in [0.05, 0.1) is 4.90 Å². The first-order valence-corrected chi connectivity index (χ1v) is 9.77. The SMILES string of the molecule is CC(C)=CCC/C(C)=C/CN(CCN)S(=O)(=O)c1ccc(C)cc1. The molecule has 5 heteroatoms. The third-order valence-corrected chi connectivity index (χ3v) is 5.65. The minimum Gasteiger partial charge on any atom is -0.329 e. The summed E-state index contributed by atoms with van der Waals surface area (Å²) in [5.41, 5.74) is 9.14. The Labute approximate surface area is 147 Å². The lowest BCUT2D eigenvalue weighted by molar-refractivity contribution is 0.449. The Bertz CT molecular complexity index is 670. The Kier molecular flexibility index (Phi) is 8.39. The van der Waals surface area contributed by atoms with Crippen LogP contribution in [0.15, 0.2) is 52.5 Å². The number of benzene rings is 1. The van der Waals surface area contributed by atoms with E-state index >= 15 is 0 Å². The number of hydrogen-bond acceptors (Lipinski definition) is 3. The van der Waals surface area contributed by atoms with Crippen molar-refractivity contribution in [2.45, 2.75) is 45.4 Å². The Morgan fingerprint density at radius 2 is 1.75 bits per heavy atom. The molecule has 0 aliphatic heterocycles. The van der Waals surface area contributed by atoms with Gasteiger partial charge in [0.1, 0.15) is 0 Å². The second kappa shape index (κ2) is 9.77. The predicted octanol–water partition coefficient (Wildman–Crippen LogP) is 3.64. The minimum absolute atomic E-state index is 0.301. The summed E-state index contributed by atoms with van der Waals surface area (Å²) in [6.45, 7) is 9.11. The molecule has 2 N–H and O–H groups in total. The molecule has 1 rings (SSSR count). The molecule has 1 aromatic rings. The second-order valence-electron chi connectivity index (χ2n) is 6.34. The summed E-state index contributed by atoms with van der Waals surface area (Å²) in [6.07, 6.45) is 6.09. The predicted molar refractivity (Wildman–Crippen MR) is 101 cm³/mol. The fourth-order valence-corrected chi connectivity index (χ4v) is 3.66. The highest BCUT2D eigenvalue weighted by molar-refractivity contribution is 7.89. The average Bonchev–Trinajstić information content (AvgIpc) is 2.51. The molecule has 0 bridgehead atoms. The highest BCUT2D eigenvalue weighted by Crippen LogP contribution is 2.17. The van der Waals surface area contributed by atoms with E-state index in [1.54, 1.807) is 12.1 Å². The number of hydrogen-bond donors (Lipinski definition) is 1. The molecule has 0 amide bonds. The molecular formula is C19H30N2O2S. The van der Waals surface area contributed by atoms with E-state index in [4.69, 9.17) is 5.73 Å². The average molecular weight is 351 g/mol. The van der Waals surface area contributed by atoms with Gasteiger partial charge >= 0.3 is 0 Å². The molecule has 0 heterocycles. The largest absolute Gasteiger partial charge is 0.329 e. The molecule has 0 saturated carbocycles. The zero-order valence-corrected chi connectivity index (χ0v) is 16.1. The maximum absolute atomic E-state index is 12.8. The van der Waals surface area contributed by atoms with Crippen LogP contribution >= 0.6 is 0 Å². The molecular weight excluding hydrogens is 320 g/mol. The van der Waals surface area contributed by atoms with Crippen LogP contribution in [0.25, 0.3) is 0 Å². The van der Waals surface area contributed by atoms with Crippen molar-refractivity contribution in [3.05, 3.63) is 53.1 Å². The highest BCUT2D eigenvalue weighted by atomic mass is 32.2. The number of nitrogens with zero attached hydrogens (tertiary/aromatic N) is 1. The van der Waals surface area contributed by atoms with E-state index in [2.05, 4.69) is 19.9 Å². The van der Waals surface area contributed by atoms with Gasteiger partial charge in [-0.1, -0.05) is 41.0 Å². The summed E-state index contributed by atoms with van der Waals surface area (Å²) in [5, 5.41) is 0. The quantitative estimate of drug-likeness (QED) is 0.692. The Morgan fingerprint density at radius 1 is 1.12 bits per heavy atom. The van der Waals surface area contributed by atoms with Gasteiger partial charge in [0.25, 0.3) is 0 Å². The summed E-state index contributed by atoms with van der Waals surface area (Å²) in [7, 11) is -3.51. The van der Waals surface area contributed by atoms with Crippen LogP contribution in [0.5, 0.6) is 0 Å². The smallest absolute Gasteiger partial charge is 0.243 e. The van der Waals surface area contributed by atoms with Crippen LogP contribution in [-0.2, 0) is 10.0 Å². The van der Waals surface area contributed by atoms with E-state index in [9.17, 15) is 8.42 Å². The molecule has 0 aliphatic carbocycles. The molecule has 24 heavy (non-hydrogen) atoms. The molecule has 0 spiro atoms. The minimum atomic E-state index is -3.51. The summed E-state index contributed by atoms with van der Waals surface area (Å²) < 4.78 is 27.0. The van der Waals surface area contributed by atoms with Gasteiger partial charge in [-0.25, -0.2) is 8.42 Å². The van der Waals surface area contributed by atoms with Crippen molar-refractivity contribution in [1.29, 1.82) is 0 Å². The van der Waals surface area contributed by atoms with Crippen molar-refractivity contribution < 1.29 is 8.42 Å². The van der Waals surface area contributed by atoms with E-state index < -0.39 is 10.0 Å². The van der Waals surface area contributed by atoms with Crippen LogP contribution in [-0.4, -0.2) is 32.4 Å². The zero-order valence-electron chi connectivity index (χ0n) is 15.2. The van der Waals surface area contributed by atoms with Gasteiger partial charge in [-0.2, -0.15) is 4.31 Å². The monoisotopic (exact) mass is 350 g/mol. The van der Waals surface area contributed by atoms with Crippen LogP contribution in [0, 0.1) is 6.92 Å². The summed E-state index contributed by atoms with van der Waals surface area (Å²) in [5.74, 6) is 0. The number of rotatable bonds is 9. The lowest BCUT2D eigenvalue weighted by Gasteiger charge is -2.20. The maximum atomic E-state index is 12.8. The Hall–Kier alpha value is -1.43. The third-order valence-electron chi connectivity index (χ3n) is 3.77. The lowest BCUT2D eigenvalue weighted by Crippen LogP contribution is -2.35. The normalized spacial score (nSPS) is 12.5. The van der Waals surface area contributed by atoms with E-state index in [0.29, 0.717) is 24.5 Å². The molecule has 0 saturated heterocycles. The van der Waals surface area contributed by atoms with Crippen LogP contribution < -0.4 is 5.73 Å². The molecule has 0 aliphatic rings. The van der Waals surface area contributed by atoms with Crippen LogP contribution in [0.3, 0.4) is 0 Å². The Balaban J connectivity index is 2.85. The van der Waals surface area contributed by atoms with E-state index in [0.717, 1.165) is 18.4 Å². The molecule has 0 fully saturated rings. The molecule has 1 aromatic carbocycles. The number of allylic oxidation sites excluding steroid dienone is 3. The first kappa shape index (κ1) is 20.6. The van der Waals surface area contributed by atoms with Crippen molar-refractivity contribution in [3.8, 4) is 0 Å². The zero-order chi connectivity index (χ0) is 18.2. The van der Waals surface area contributed by atoms with E-state index in [-0.39, 0.29) is 0 Å². The number of aryl methyl sites for hydroxylation is 1. The van der Waals surface area contributed by atoms with Crippen LogP contribution in [0.2, 0.25) is 0 Å². The van der Waals surface area contributed by atoms with Crippen LogP contribution in [0.1, 0.15) is 39.2 Å². The van der Waals surface area contributed by atoms with Crippen LogP contribution in [0.4, 0.5) is 0 Å². The first-order valence-electron chi connectivity index (χ1n) is 8.33. The van der Waals surface area contributed by atoms with Crippen molar-refractivity contribution in [1.82, 2.24) is 4.31 Å². The van der Waals surface area contributed by atoms with Gasteiger partial charge in [0, 0.05) is 19.6 Å². The van der Waals surface area contributed by atoms with Gasteiger partial charge in [0.15, 0.2) is 0 Å². The van der Waals surface area contributed by atoms with Crippen molar-refractivity contribution in [3.63, 3.8) is 0 Å². The molecule has 4 nitrogen and oxygen atoms in total. The molecule has 0 atom stereocenters. The lowest BCUT2D eigenvalue weighted by atomic mass is 10.1. The Morgan fingerprint density at radius 3 is 2.29 bits per heavy atom. The standard InChI is InChI=1S/C19H30N2O2S/c1-16(2)6-5-7-17(3)12-14-21(15-13-20)24(22,23)19-10-8-18(4)9-11-19/h6,8-12H,5,7,13-15,20H2,1-4H3/b17-12+. The summed E-state index contributed by atoms with van der Waals surface area (Å²) in [6, 6.07) is 6.93.